The van der Waals surface area contributed by atoms with Crippen LogP contribution >= 0.6 is 0 Å². The van der Waals surface area contributed by atoms with Gasteiger partial charge >= 0.3 is 0 Å². The van der Waals surface area contributed by atoms with Crippen molar-refractivity contribution in [2.24, 2.45) is 11.1 Å². The standard InChI is InChI=1S/C11H22N2O5/c1-10(2,6-14)8(16)9(17)13-5-4-7(15)11(3,12)18/h8,14,16,18H,4-6,12H2,1-3H3,(H,13,17)/t8-,11?/m0/s1. The average molecular weight is 262 g/mol. The smallest absolute Gasteiger partial charge is 0.249 e. The molecule has 0 aliphatic rings. The molecule has 0 aromatic rings. The fraction of sp³-hybridized carbons (Fsp3) is 0.818. The van der Waals surface area contributed by atoms with Gasteiger partial charge in [0.05, 0.1) is 6.61 Å². The van der Waals surface area contributed by atoms with Crippen molar-refractivity contribution in [1.29, 1.82) is 0 Å². The van der Waals surface area contributed by atoms with E-state index in [4.69, 9.17) is 15.9 Å². The van der Waals surface area contributed by atoms with Gasteiger partial charge in [-0.15, -0.1) is 0 Å². The summed E-state index contributed by atoms with van der Waals surface area (Å²) in [4.78, 5) is 22.7. The summed E-state index contributed by atoms with van der Waals surface area (Å²) in [5, 5.41) is 30.1. The minimum absolute atomic E-state index is 0.0381. The third-order valence-corrected chi connectivity index (χ3v) is 2.61. The molecular weight excluding hydrogens is 240 g/mol. The van der Waals surface area contributed by atoms with E-state index in [1.165, 1.54) is 13.8 Å². The number of Topliss-reactive ketones (excluding diaryl/α,β-unsaturated/α-hetero) is 1. The maximum atomic E-state index is 11.5. The van der Waals surface area contributed by atoms with Crippen LogP contribution in [0.4, 0.5) is 0 Å². The molecule has 0 aliphatic heterocycles. The van der Waals surface area contributed by atoms with Gasteiger partial charge in [-0.3, -0.25) is 15.3 Å². The Balaban J connectivity index is 4.17. The summed E-state index contributed by atoms with van der Waals surface area (Å²) in [7, 11) is 0. The molecule has 6 N–H and O–H groups in total. The molecular formula is C11H22N2O5. The monoisotopic (exact) mass is 262 g/mol. The molecule has 0 saturated carbocycles. The molecule has 0 aromatic carbocycles. The van der Waals surface area contributed by atoms with E-state index in [1.54, 1.807) is 0 Å². The topological polar surface area (TPSA) is 133 Å². The molecule has 0 saturated heterocycles. The normalized spacial score (nSPS) is 16.8. The lowest BCUT2D eigenvalue weighted by Crippen LogP contribution is -2.48. The number of aliphatic hydroxyl groups is 3. The fourth-order valence-electron chi connectivity index (χ4n) is 1.09. The lowest BCUT2D eigenvalue weighted by atomic mass is 9.87. The van der Waals surface area contributed by atoms with Crippen LogP contribution in [-0.2, 0) is 9.59 Å². The number of amides is 1. The predicted octanol–water partition coefficient (Wildman–Crippen LogP) is -1.89. The summed E-state index contributed by atoms with van der Waals surface area (Å²) >= 11 is 0. The molecule has 1 amide bonds. The molecule has 0 aromatic heterocycles. The van der Waals surface area contributed by atoms with E-state index in [9.17, 15) is 14.7 Å². The van der Waals surface area contributed by atoms with E-state index < -0.39 is 28.9 Å². The first-order valence-corrected chi connectivity index (χ1v) is 5.63. The molecule has 18 heavy (non-hydrogen) atoms. The minimum atomic E-state index is -1.92. The van der Waals surface area contributed by atoms with Crippen LogP contribution in [0.25, 0.3) is 0 Å². The summed E-state index contributed by atoms with van der Waals surface area (Å²) in [5.74, 6) is -1.29. The first kappa shape index (κ1) is 17.0. The maximum Gasteiger partial charge on any atom is 0.249 e. The van der Waals surface area contributed by atoms with Gasteiger partial charge in [-0.2, -0.15) is 0 Å². The summed E-state index contributed by atoms with van der Waals surface area (Å²) in [6.07, 6.45) is -1.52. The predicted molar refractivity (Wildman–Crippen MR) is 64.3 cm³/mol. The van der Waals surface area contributed by atoms with Crippen molar-refractivity contribution in [2.45, 2.75) is 39.0 Å². The number of rotatable bonds is 7. The largest absolute Gasteiger partial charge is 0.396 e. The Kier molecular flexibility index (Phi) is 5.88. The lowest BCUT2D eigenvalue weighted by molar-refractivity contribution is -0.138. The Hall–Kier alpha value is -1.02. The van der Waals surface area contributed by atoms with Crippen molar-refractivity contribution in [3.05, 3.63) is 0 Å². The van der Waals surface area contributed by atoms with E-state index in [0.717, 1.165) is 6.92 Å². The van der Waals surface area contributed by atoms with Crippen LogP contribution in [0.5, 0.6) is 0 Å². The number of hydrogen-bond donors (Lipinski definition) is 5. The van der Waals surface area contributed by atoms with Gasteiger partial charge in [-0.25, -0.2) is 0 Å². The highest BCUT2D eigenvalue weighted by Gasteiger charge is 2.33. The van der Waals surface area contributed by atoms with Crippen molar-refractivity contribution < 1.29 is 24.9 Å². The van der Waals surface area contributed by atoms with E-state index in [2.05, 4.69) is 5.32 Å². The second kappa shape index (κ2) is 6.24. The molecule has 0 aliphatic carbocycles. The Morgan fingerprint density at radius 3 is 2.22 bits per heavy atom. The first-order valence-electron chi connectivity index (χ1n) is 5.63. The summed E-state index contributed by atoms with van der Waals surface area (Å²) in [5.41, 5.74) is 2.27. The highest BCUT2D eigenvalue weighted by Crippen LogP contribution is 2.19. The van der Waals surface area contributed by atoms with Crippen molar-refractivity contribution >= 4 is 11.7 Å². The van der Waals surface area contributed by atoms with E-state index in [0.29, 0.717) is 0 Å². The van der Waals surface area contributed by atoms with Gasteiger partial charge in [-0.05, 0) is 6.92 Å². The SMILES string of the molecule is CC(N)(O)C(=O)CCNC(=O)[C@H](O)C(C)(C)CO. The van der Waals surface area contributed by atoms with E-state index >= 15 is 0 Å². The Morgan fingerprint density at radius 1 is 1.33 bits per heavy atom. The zero-order chi connectivity index (χ0) is 14.6. The third kappa shape index (κ3) is 5.09. The second-order valence-corrected chi connectivity index (χ2v) is 5.16. The average Bonchev–Trinajstić information content (AvgIpc) is 2.26. The quantitative estimate of drug-likeness (QED) is 0.341. The van der Waals surface area contributed by atoms with Crippen LogP contribution in [0.2, 0.25) is 0 Å². The zero-order valence-corrected chi connectivity index (χ0v) is 10.9. The Bertz CT molecular complexity index is 309. The van der Waals surface area contributed by atoms with E-state index in [-0.39, 0.29) is 19.6 Å². The third-order valence-electron chi connectivity index (χ3n) is 2.61. The van der Waals surface area contributed by atoms with Gasteiger partial charge in [0, 0.05) is 18.4 Å². The van der Waals surface area contributed by atoms with Gasteiger partial charge < -0.3 is 20.6 Å². The molecule has 0 bridgehead atoms. The van der Waals surface area contributed by atoms with Crippen molar-refractivity contribution in [1.82, 2.24) is 5.32 Å². The maximum absolute atomic E-state index is 11.5. The Labute approximate surface area is 106 Å². The van der Waals surface area contributed by atoms with Gasteiger partial charge in [0.25, 0.3) is 0 Å². The number of ketones is 1. The highest BCUT2D eigenvalue weighted by atomic mass is 16.3. The number of carbonyl (C=O) groups is 2. The van der Waals surface area contributed by atoms with Gasteiger partial charge in [0.1, 0.15) is 6.10 Å². The van der Waals surface area contributed by atoms with E-state index in [1.807, 2.05) is 0 Å². The molecule has 106 valence electrons. The van der Waals surface area contributed by atoms with Crippen LogP contribution in [0.3, 0.4) is 0 Å². The molecule has 0 fully saturated rings. The Morgan fingerprint density at radius 2 is 1.83 bits per heavy atom. The summed E-state index contributed by atoms with van der Waals surface area (Å²) < 4.78 is 0. The van der Waals surface area contributed by atoms with Crippen molar-refractivity contribution in [3.8, 4) is 0 Å². The van der Waals surface area contributed by atoms with Gasteiger partial charge in [0.2, 0.25) is 5.91 Å². The minimum Gasteiger partial charge on any atom is -0.396 e. The molecule has 1 unspecified atom stereocenters. The van der Waals surface area contributed by atoms with Crippen LogP contribution in [0.1, 0.15) is 27.2 Å². The lowest BCUT2D eigenvalue weighted by Gasteiger charge is -2.27. The molecule has 7 heteroatoms. The van der Waals surface area contributed by atoms with Crippen LogP contribution in [-0.4, -0.2) is 52.0 Å². The van der Waals surface area contributed by atoms with Crippen LogP contribution in [0.15, 0.2) is 0 Å². The fourth-order valence-corrected chi connectivity index (χ4v) is 1.09. The summed E-state index contributed by atoms with van der Waals surface area (Å²) in [6.45, 7) is 3.84. The van der Waals surface area contributed by atoms with Crippen LogP contribution < -0.4 is 11.1 Å². The molecule has 2 atom stereocenters. The highest BCUT2D eigenvalue weighted by molar-refractivity contribution is 5.87. The number of hydrogen-bond acceptors (Lipinski definition) is 6. The number of nitrogens with one attached hydrogen (secondary N) is 1. The first-order chi connectivity index (χ1) is 8.02. The number of aliphatic hydroxyl groups excluding tert-OH is 2. The van der Waals surface area contributed by atoms with Crippen molar-refractivity contribution in [3.63, 3.8) is 0 Å². The molecule has 0 radical (unpaired) electrons. The molecule has 0 rings (SSSR count). The summed E-state index contributed by atoms with van der Waals surface area (Å²) in [6, 6.07) is 0. The molecule has 7 nitrogen and oxygen atoms in total. The van der Waals surface area contributed by atoms with Crippen molar-refractivity contribution in [2.75, 3.05) is 13.2 Å². The van der Waals surface area contributed by atoms with Gasteiger partial charge in [-0.1, -0.05) is 13.8 Å². The molecule has 0 heterocycles. The second-order valence-electron chi connectivity index (χ2n) is 5.16. The molecule has 0 spiro atoms. The zero-order valence-electron chi connectivity index (χ0n) is 10.9. The van der Waals surface area contributed by atoms with Crippen LogP contribution in [0, 0.1) is 5.41 Å². The number of carbonyl (C=O) groups excluding carboxylic acids is 2. The van der Waals surface area contributed by atoms with Gasteiger partial charge in [0.15, 0.2) is 11.5 Å². The number of nitrogens with two attached hydrogens (primary N) is 1.